The lowest BCUT2D eigenvalue weighted by Gasteiger charge is -2.33. The molecule has 0 bridgehead atoms. The minimum absolute atomic E-state index is 0.104. The van der Waals surface area contributed by atoms with Crippen molar-refractivity contribution in [3.8, 4) is 11.4 Å². The Labute approximate surface area is 438 Å². The number of nitrogens with one attached hydrogen (secondary N) is 6. The molecular formula is C54H74N14O7. The molecule has 5 aliphatic rings. The average molecular weight is 1030 g/mol. The first-order valence-electron chi connectivity index (χ1n) is 27.0. The first-order chi connectivity index (χ1) is 36.3. The summed E-state index contributed by atoms with van der Waals surface area (Å²) in [4.78, 5) is 88.0. The van der Waals surface area contributed by atoms with E-state index in [0.29, 0.717) is 74.6 Å². The summed E-state index contributed by atoms with van der Waals surface area (Å²) in [7, 11) is 3.34. The molecule has 2 aromatic carbocycles. The van der Waals surface area contributed by atoms with Gasteiger partial charge in [-0.25, -0.2) is 9.36 Å². The van der Waals surface area contributed by atoms with Crippen LogP contribution in [0.1, 0.15) is 125 Å². The van der Waals surface area contributed by atoms with Gasteiger partial charge < -0.3 is 46.4 Å². The van der Waals surface area contributed by atoms with Crippen molar-refractivity contribution in [1.29, 1.82) is 0 Å². The molecule has 4 aromatic rings. The van der Waals surface area contributed by atoms with Crippen LogP contribution in [0.15, 0.2) is 48.5 Å². The number of carbonyl (C=O) groups is 6. The zero-order chi connectivity index (χ0) is 52.9. The lowest BCUT2D eigenvalue weighted by molar-refractivity contribution is -0.145. The van der Waals surface area contributed by atoms with Gasteiger partial charge in [-0.1, -0.05) is 65.9 Å². The second kappa shape index (κ2) is 23.5. The van der Waals surface area contributed by atoms with Crippen molar-refractivity contribution in [2.45, 2.75) is 172 Å². The molecule has 2 saturated heterocycles. The van der Waals surface area contributed by atoms with Crippen LogP contribution in [-0.2, 0) is 72.5 Å². The normalized spacial score (nSPS) is 22.3. The smallest absolute Gasteiger partial charge is 0.248 e. The topological polar surface area (TPSA) is 252 Å². The largest absolute Gasteiger partial charge is 0.369 e. The number of likely N-dealkylation sites (tertiary alicyclic amines) is 2. The number of rotatable bonds is 19. The van der Waals surface area contributed by atoms with Crippen LogP contribution in [0.5, 0.6) is 0 Å². The maximum Gasteiger partial charge on any atom is 0.248 e. The minimum Gasteiger partial charge on any atom is -0.369 e. The molecule has 21 nitrogen and oxygen atoms in total. The summed E-state index contributed by atoms with van der Waals surface area (Å²) in [5.41, 5.74) is 6.90. The molecule has 2 unspecified atom stereocenters. The Morgan fingerprint density at radius 3 is 1.59 bits per heavy atom. The van der Waals surface area contributed by atoms with E-state index in [9.17, 15) is 28.8 Å². The summed E-state index contributed by atoms with van der Waals surface area (Å²) >= 11 is 0. The molecule has 9 rings (SSSR count). The van der Waals surface area contributed by atoms with Crippen LogP contribution in [0.2, 0.25) is 0 Å². The van der Waals surface area contributed by atoms with Crippen LogP contribution in [0.25, 0.3) is 11.4 Å². The van der Waals surface area contributed by atoms with E-state index in [2.05, 4.69) is 76.8 Å². The third-order valence-electron chi connectivity index (χ3n) is 16.2. The molecule has 21 heteroatoms. The van der Waals surface area contributed by atoms with E-state index in [0.717, 1.165) is 49.7 Å². The van der Waals surface area contributed by atoms with E-state index in [-0.39, 0.29) is 48.7 Å². The highest BCUT2D eigenvalue weighted by Crippen LogP contribution is 2.34. The fourth-order valence-electron chi connectivity index (χ4n) is 11.6. The van der Waals surface area contributed by atoms with Gasteiger partial charge in [0.15, 0.2) is 0 Å². The van der Waals surface area contributed by atoms with Crippen molar-refractivity contribution in [2.24, 2.45) is 5.92 Å². The maximum atomic E-state index is 14.8. The lowest BCUT2D eigenvalue weighted by atomic mass is 9.87. The molecule has 0 saturated carbocycles. The number of likely N-dealkylation sites (N-methyl/N-ethyl adjacent to an activating group) is 2. The zero-order valence-electron chi connectivity index (χ0n) is 44.1. The van der Waals surface area contributed by atoms with Crippen molar-refractivity contribution in [3.05, 3.63) is 82.2 Å². The molecule has 402 valence electrons. The van der Waals surface area contributed by atoms with Crippen molar-refractivity contribution in [2.75, 3.05) is 27.2 Å². The molecule has 0 spiro atoms. The number of ether oxygens (including phenoxy) is 1. The minimum atomic E-state index is -1.15. The van der Waals surface area contributed by atoms with Crippen molar-refractivity contribution >= 4 is 35.4 Å². The number of amides is 6. The second-order valence-corrected chi connectivity index (χ2v) is 21.1. The highest BCUT2D eigenvalue weighted by atomic mass is 16.5. The molecule has 2 aromatic heterocycles. The van der Waals surface area contributed by atoms with Gasteiger partial charge in [-0.3, -0.25) is 28.8 Å². The Hall–Kier alpha value is -6.58. The summed E-state index contributed by atoms with van der Waals surface area (Å²) < 4.78 is 10.0. The quantitative estimate of drug-likeness (QED) is 0.0790. The molecule has 6 N–H and O–H groups in total. The summed E-state index contributed by atoms with van der Waals surface area (Å²) in [6.45, 7) is 8.53. The molecule has 2 aliphatic carbocycles. The van der Waals surface area contributed by atoms with E-state index in [1.165, 1.54) is 11.1 Å². The molecule has 6 amide bonds. The fourth-order valence-corrected chi connectivity index (χ4v) is 11.6. The molecular weight excluding hydrogens is 957 g/mol. The number of aromatic nitrogens is 6. The van der Waals surface area contributed by atoms with Crippen LogP contribution in [0.4, 0.5) is 0 Å². The Morgan fingerprint density at radius 1 is 0.600 bits per heavy atom. The zero-order valence-corrected chi connectivity index (χ0v) is 44.1. The molecule has 3 aliphatic heterocycles. The van der Waals surface area contributed by atoms with Crippen molar-refractivity contribution in [1.82, 2.24) is 71.7 Å². The summed E-state index contributed by atoms with van der Waals surface area (Å²) in [5.74, 6) is -2.44. The molecule has 10 atom stereocenters. The number of benzene rings is 2. The van der Waals surface area contributed by atoms with Crippen LogP contribution < -0.4 is 31.9 Å². The van der Waals surface area contributed by atoms with Gasteiger partial charge >= 0.3 is 0 Å². The van der Waals surface area contributed by atoms with Crippen molar-refractivity contribution < 1.29 is 33.5 Å². The molecule has 75 heavy (non-hydrogen) atoms. The first kappa shape index (κ1) is 53.3. The van der Waals surface area contributed by atoms with Gasteiger partial charge in [0.25, 0.3) is 0 Å². The van der Waals surface area contributed by atoms with Gasteiger partial charge in [-0.05, 0) is 134 Å². The van der Waals surface area contributed by atoms with Crippen LogP contribution in [0.3, 0.4) is 0 Å². The summed E-state index contributed by atoms with van der Waals surface area (Å²) in [5, 5.41) is 36.5. The van der Waals surface area contributed by atoms with Crippen LogP contribution >= 0.6 is 0 Å². The first-order valence-corrected chi connectivity index (χ1v) is 27.0. The average Bonchev–Trinajstić information content (AvgIpc) is 4.28. The predicted octanol–water partition coefficient (Wildman–Crippen LogP) is 2.19. The Morgan fingerprint density at radius 2 is 1.07 bits per heavy atom. The Kier molecular flexibility index (Phi) is 16.7. The summed E-state index contributed by atoms with van der Waals surface area (Å²) in [6, 6.07) is 11.3. The van der Waals surface area contributed by atoms with Gasteiger partial charge in [0.05, 0.1) is 55.7 Å². The number of fused-ring (bicyclic) bond motifs is 5. The van der Waals surface area contributed by atoms with Gasteiger partial charge in [-0.15, -0.1) is 10.2 Å². The predicted molar refractivity (Wildman–Crippen MR) is 277 cm³/mol. The number of nitrogens with zero attached hydrogens (tertiary/aromatic N) is 8. The number of hydrogen-bond donors (Lipinski definition) is 6. The monoisotopic (exact) mass is 1030 g/mol. The number of carbonyl (C=O) groups excluding carboxylic acids is 6. The van der Waals surface area contributed by atoms with Gasteiger partial charge in [0.2, 0.25) is 35.4 Å². The Bertz CT molecular complexity index is 2740. The summed E-state index contributed by atoms with van der Waals surface area (Å²) in [6.07, 6.45) is 7.07. The van der Waals surface area contributed by atoms with Gasteiger partial charge in [0.1, 0.15) is 41.2 Å². The van der Waals surface area contributed by atoms with E-state index in [1.807, 2.05) is 31.2 Å². The third kappa shape index (κ3) is 11.4. The Balaban J connectivity index is 0.911. The SMILES string of the molecule is CN[C@@H](C)C(=O)NC(C(=O)N1CCC[C@H]1C(=O)N[C@@H]1CCCc2ccccc21)C(C)Cc1nnn2c1-c1c(CO[C@H](C)[C@H](NC(=O)[C@H](C)NC)C(=O)N3CCC[C@H]3C(=O)N[C@@H]3CCCc4ccccc43)nnn1CC2. The molecule has 2 fully saturated rings. The van der Waals surface area contributed by atoms with Crippen LogP contribution in [0, 0.1) is 5.92 Å². The molecule has 0 radical (unpaired) electrons. The highest BCUT2D eigenvalue weighted by molar-refractivity contribution is 5.95. The maximum absolute atomic E-state index is 14.8. The molecule has 5 heterocycles. The van der Waals surface area contributed by atoms with E-state index < -0.39 is 60.1 Å². The lowest BCUT2D eigenvalue weighted by Crippen LogP contribution is -2.59. The van der Waals surface area contributed by atoms with E-state index >= 15 is 0 Å². The third-order valence-corrected chi connectivity index (χ3v) is 16.2. The highest BCUT2D eigenvalue weighted by Gasteiger charge is 2.44. The fraction of sp³-hybridized carbons (Fsp3) is 0.593. The second-order valence-electron chi connectivity index (χ2n) is 21.1. The van der Waals surface area contributed by atoms with Crippen LogP contribution in [-0.4, -0.2) is 145 Å². The van der Waals surface area contributed by atoms with E-state index in [4.69, 9.17) is 4.74 Å². The van der Waals surface area contributed by atoms with Gasteiger partial charge in [-0.2, -0.15) is 0 Å². The van der Waals surface area contributed by atoms with Crippen molar-refractivity contribution in [3.63, 3.8) is 0 Å². The van der Waals surface area contributed by atoms with E-state index in [1.54, 1.807) is 54.0 Å². The van der Waals surface area contributed by atoms with Gasteiger partial charge in [0, 0.05) is 13.1 Å². The number of aryl methyl sites for hydroxylation is 4. The number of hydrogen-bond acceptors (Lipinski definition) is 13. The standard InChI is InChI=1S/C54H74N14O7/c1-31(45(59-49(69)32(2)55-5)53(73)65-25-13-23-43(65)51(71)57-39-21-11-17-35-15-7-9-19-37(35)39)29-41-47-48-42(62-64-68(48)28-27-67(47)63-61-41)30-75-34(4)46(60-50(70)33(3)56-6)54(74)66-26-14-24-44(66)52(72)58-40-22-12-18-36-16-8-10-20-38(36)40/h7-10,15-16,19-20,31-34,39-40,43-46,55-56H,11-14,17-18,21-30H2,1-6H3,(H,57,71)(H,58,72)(H,59,69)(H,60,70)/t31?,32-,33-,34+,39+,40+,43-,44-,45?,46-/m0/s1.